The largest absolute Gasteiger partial charge is 0.465 e. The first kappa shape index (κ1) is 15.9. The van der Waals surface area contributed by atoms with E-state index in [-0.39, 0.29) is 31.9 Å². The summed E-state index contributed by atoms with van der Waals surface area (Å²) in [5.41, 5.74) is -1.91. The van der Waals surface area contributed by atoms with Gasteiger partial charge in [-0.15, -0.1) is 0 Å². The lowest BCUT2D eigenvalue weighted by molar-refractivity contribution is -0.385. The van der Waals surface area contributed by atoms with E-state index in [2.05, 4.69) is 0 Å². The molecule has 0 aromatic heterocycles. The number of nitro groups is 1. The maximum atomic E-state index is 13.1. The number of hydrogen-bond acceptors (Lipinski definition) is 4. The molecule has 1 heterocycles. The fourth-order valence-corrected chi connectivity index (χ4v) is 2.28. The third kappa shape index (κ3) is 3.21. The number of carboxylic acid groups (broad SMARTS) is 1. The van der Waals surface area contributed by atoms with Gasteiger partial charge in [0.25, 0.3) is 5.69 Å². The Kier molecular flexibility index (Phi) is 4.11. The summed E-state index contributed by atoms with van der Waals surface area (Å²) in [4.78, 5) is 23.0. The predicted octanol–water partition coefficient (Wildman–Crippen LogP) is 2.41. The van der Waals surface area contributed by atoms with Crippen molar-refractivity contribution < 1.29 is 28.0 Å². The molecule has 1 aromatic carbocycles. The third-order valence-corrected chi connectivity index (χ3v) is 3.39. The molecule has 1 saturated heterocycles. The van der Waals surface area contributed by atoms with Crippen molar-refractivity contribution in [2.45, 2.75) is 6.18 Å². The zero-order chi connectivity index (χ0) is 16.5. The summed E-state index contributed by atoms with van der Waals surface area (Å²) in [5, 5.41) is 19.5. The normalized spacial score (nSPS) is 15.8. The first-order chi connectivity index (χ1) is 10.2. The van der Waals surface area contributed by atoms with E-state index in [4.69, 9.17) is 5.11 Å². The van der Waals surface area contributed by atoms with Gasteiger partial charge in [-0.05, 0) is 6.07 Å². The van der Waals surface area contributed by atoms with Crippen LogP contribution >= 0.6 is 0 Å². The van der Waals surface area contributed by atoms with E-state index in [1.807, 2.05) is 0 Å². The van der Waals surface area contributed by atoms with E-state index in [0.717, 1.165) is 17.0 Å². The number of nitrogens with zero attached hydrogens (tertiary/aromatic N) is 3. The third-order valence-electron chi connectivity index (χ3n) is 3.39. The fraction of sp³-hybridized carbons (Fsp3) is 0.417. The van der Waals surface area contributed by atoms with Gasteiger partial charge < -0.3 is 14.9 Å². The van der Waals surface area contributed by atoms with E-state index >= 15 is 0 Å². The lowest BCUT2D eigenvalue weighted by atomic mass is 10.1. The maximum Gasteiger partial charge on any atom is 0.418 e. The maximum absolute atomic E-state index is 13.1. The summed E-state index contributed by atoms with van der Waals surface area (Å²) in [5.74, 6) is 0. The SMILES string of the molecule is O=C(O)N1CCN(c2ccc([N+](=O)[O-])cc2C(F)(F)F)CC1. The van der Waals surface area contributed by atoms with Crippen LogP contribution in [0, 0.1) is 10.1 Å². The second kappa shape index (κ2) is 5.70. The molecule has 1 aliphatic heterocycles. The molecule has 22 heavy (non-hydrogen) atoms. The zero-order valence-electron chi connectivity index (χ0n) is 11.2. The molecule has 0 radical (unpaired) electrons. The van der Waals surface area contributed by atoms with Crippen LogP contribution in [0.3, 0.4) is 0 Å². The Morgan fingerprint density at radius 2 is 1.82 bits per heavy atom. The number of piperazine rings is 1. The van der Waals surface area contributed by atoms with Crippen LogP contribution in [0.15, 0.2) is 18.2 Å². The van der Waals surface area contributed by atoms with E-state index in [1.54, 1.807) is 0 Å². The average molecular weight is 319 g/mol. The molecule has 10 heteroatoms. The Balaban J connectivity index is 2.31. The van der Waals surface area contributed by atoms with E-state index in [0.29, 0.717) is 6.07 Å². The molecule has 0 atom stereocenters. The molecule has 120 valence electrons. The lowest BCUT2D eigenvalue weighted by Crippen LogP contribution is -2.48. The Morgan fingerprint density at radius 1 is 1.23 bits per heavy atom. The first-order valence-corrected chi connectivity index (χ1v) is 6.28. The lowest BCUT2D eigenvalue weighted by Gasteiger charge is -2.35. The molecule has 0 aliphatic carbocycles. The highest BCUT2D eigenvalue weighted by Gasteiger charge is 2.37. The molecule has 7 nitrogen and oxygen atoms in total. The summed E-state index contributed by atoms with van der Waals surface area (Å²) < 4.78 is 39.3. The smallest absolute Gasteiger partial charge is 0.418 e. The number of alkyl halides is 3. The summed E-state index contributed by atoms with van der Waals surface area (Å²) in [6, 6.07) is 2.56. The molecule has 0 bridgehead atoms. The van der Waals surface area contributed by atoms with Gasteiger partial charge in [-0.2, -0.15) is 13.2 Å². The van der Waals surface area contributed by atoms with Gasteiger partial charge in [0.2, 0.25) is 0 Å². The number of carbonyl (C=O) groups is 1. The van der Waals surface area contributed by atoms with E-state index in [1.165, 1.54) is 4.90 Å². The second-order valence-corrected chi connectivity index (χ2v) is 4.71. The van der Waals surface area contributed by atoms with Gasteiger partial charge in [-0.3, -0.25) is 10.1 Å². The minimum absolute atomic E-state index is 0.0730. The van der Waals surface area contributed by atoms with Crippen LogP contribution in [0.2, 0.25) is 0 Å². The molecular weight excluding hydrogens is 307 g/mol. The number of benzene rings is 1. The van der Waals surface area contributed by atoms with Crippen molar-refractivity contribution in [2.75, 3.05) is 31.1 Å². The van der Waals surface area contributed by atoms with Crippen molar-refractivity contribution in [1.82, 2.24) is 4.90 Å². The molecule has 2 rings (SSSR count). The summed E-state index contributed by atoms with van der Waals surface area (Å²) >= 11 is 0. The van der Waals surface area contributed by atoms with Gasteiger partial charge in [0.15, 0.2) is 0 Å². The molecule has 1 amide bonds. The van der Waals surface area contributed by atoms with Gasteiger partial charge in [-0.25, -0.2) is 4.79 Å². The molecular formula is C12H12F3N3O4. The van der Waals surface area contributed by atoms with Gasteiger partial charge in [0.1, 0.15) is 0 Å². The molecule has 1 aromatic rings. The summed E-state index contributed by atoms with van der Waals surface area (Å²) in [7, 11) is 0. The highest BCUT2D eigenvalue weighted by molar-refractivity contribution is 5.66. The monoisotopic (exact) mass is 319 g/mol. The molecule has 1 aliphatic rings. The number of rotatable bonds is 2. The van der Waals surface area contributed by atoms with Crippen LogP contribution in [0.5, 0.6) is 0 Å². The van der Waals surface area contributed by atoms with Crippen LogP contribution in [-0.4, -0.2) is 47.2 Å². The minimum Gasteiger partial charge on any atom is -0.465 e. The summed E-state index contributed by atoms with van der Waals surface area (Å²) in [6.45, 7) is 0.327. The number of anilines is 1. The van der Waals surface area contributed by atoms with Crippen LogP contribution in [0.25, 0.3) is 0 Å². The van der Waals surface area contributed by atoms with E-state index < -0.39 is 28.4 Å². The standard InChI is InChI=1S/C12H12F3N3O4/c13-12(14,15)9-7-8(18(21)22)1-2-10(9)16-3-5-17(6-4-16)11(19)20/h1-2,7H,3-6H2,(H,19,20). The van der Waals surface area contributed by atoms with Gasteiger partial charge in [0, 0.05) is 44.0 Å². The molecule has 1 N–H and O–H groups in total. The number of non-ortho nitro benzene ring substituents is 1. The van der Waals surface area contributed by atoms with Crippen molar-refractivity contribution in [1.29, 1.82) is 0 Å². The second-order valence-electron chi connectivity index (χ2n) is 4.71. The highest BCUT2D eigenvalue weighted by atomic mass is 19.4. The van der Waals surface area contributed by atoms with Crippen molar-refractivity contribution in [2.24, 2.45) is 0 Å². The highest BCUT2D eigenvalue weighted by Crippen LogP contribution is 2.39. The number of nitro benzene ring substituents is 1. The van der Waals surface area contributed by atoms with Crippen LogP contribution in [-0.2, 0) is 6.18 Å². The fourth-order valence-electron chi connectivity index (χ4n) is 2.28. The molecule has 0 spiro atoms. The van der Waals surface area contributed by atoms with Gasteiger partial charge in [0.05, 0.1) is 10.5 Å². The zero-order valence-corrected chi connectivity index (χ0v) is 11.2. The number of hydrogen-bond donors (Lipinski definition) is 1. The Bertz CT molecular complexity index is 598. The Hall–Kier alpha value is -2.52. The molecule has 0 saturated carbocycles. The Labute approximate surface area is 122 Å². The molecule has 1 fully saturated rings. The quantitative estimate of drug-likeness (QED) is 0.668. The number of halogens is 3. The average Bonchev–Trinajstić information content (AvgIpc) is 2.45. The van der Waals surface area contributed by atoms with Crippen LogP contribution in [0.4, 0.5) is 29.3 Å². The van der Waals surface area contributed by atoms with E-state index in [9.17, 15) is 28.1 Å². The van der Waals surface area contributed by atoms with Crippen molar-refractivity contribution in [3.8, 4) is 0 Å². The van der Waals surface area contributed by atoms with Crippen molar-refractivity contribution in [3.63, 3.8) is 0 Å². The topological polar surface area (TPSA) is 86.9 Å². The molecule has 0 unspecified atom stereocenters. The predicted molar refractivity (Wildman–Crippen MR) is 69.9 cm³/mol. The van der Waals surface area contributed by atoms with Crippen molar-refractivity contribution >= 4 is 17.5 Å². The van der Waals surface area contributed by atoms with Crippen LogP contribution in [0.1, 0.15) is 5.56 Å². The number of amides is 1. The van der Waals surface area contributed by atoms with Crippen molar-refractivity contribution in [3.05, 3.63) is 33.9 Å². The van der Waals surface area contributed by atoms with Crippen LogP contribution < -0.4 is 4.90 Å². The Morgan fingerprint density at radius 3 is 2.27 bits per heavy atom. The first-order valence-electron chi connectivity index (χ1n) is 6.28. The minimum atomic E-state index is -4.73. The van der Waals surface area contributed by atoms with Gasteiger partial charge in [-0.1, -0.05) is 0 Å². The summed E-state index contributed by atoms with van der Waals surface area (Å²) in [6.07, 6.45) is -5.86. The van der Waals surface area contributed by atoms with Gasteiger partial charge >= 0.3 is 12.3 Å².